The second-order valence-corrected chi connectivity index (χ2v) is 10.00. The molecule has 186 valence electrons. The number of hydrogen-bond acceptors (Lipinski definition) is 3. The van der Waals surface area contributed by atoms with Gasteiger partial charge in [-0.05, 0) is 74.7 Å². The van der Waals surface area contributed by atoms with Crippen LogP contribution in [0.15, 0.2) is 78.9 Å². The van der Waals surface area contributed by atoms with Gasteiger partial charge in [0.25, 0.3) is 5.91 Å². The highest BCUT2D eigenvalue weighted by atomic mass is 19.1. The van der Waals surface area contributed by atoms with E-state index in [1.165, 1.54) is 49.6 Å². The molecular weight excluding hydrogens is 456 g/mol. The van der Waals surface area contributed by atoms with E-state index in [-0.39, 0.29) is 5.82 Å². The van der Waals surface area contributed by atoms with Gasteiger partial charge in [-0.2, -0.15) is 0 Å². The summed E-state index contributed by atoms with van der Waals surface area (Å²) in [6.07, 6.45) is 9.13. The van der Waals surface area contributed by atoms with E-state index < -0.39 is 17.5 Å². The largest absolute Gasteiger partial charge is 0.323 e. The molecule has 4 nitrogen and oxygen atoms in total. The highest BCUT2D eigenvalue weighted by Crippen LogP contribution is 2.31. The Morgan fingerprint density at radius 1 is 1.06 bits per heavy atom. The fourth-order valence-corrected chi connectivity index (χ4v) is 5.25. The molecule has 0 radical (unpaired) electrons. The van der Waals surface area contributed by atoms with Gasteiger partial charge in [0.05, 0.1) is 11.2 Å². The lowest BCUT2D eigenvalue weighted by Crippen LogP contribution is -2.43. The van der Waals surface area contributed by atoms with Gasteiger partial charge in [-0.25, -0.2) is 8.78 Å². The predicted octanol–water partition coefficient (Wildman–Crippen LogP) is 6.69. The van der Waals surface area contributed by atoms with E-state index in [1.807, 2.05) is 18.2 Å². The number of benzene rings is 2. The number of anilines is 1. The Morgan fingerprint density at radius 3 is 2.50 bits per heavy atom. The van der Waals surface area contributed by atoms with Crippen molar-refractivity contribution in [3.8, 4) is 0 Å². The fraction of sp³-hybridized carbons (Fsp3) is 0.333. The predicted molar refractivity (Wildman–Crippen MR) is 140 cm³/mol. The lowest BCUT2D eigenvalue weighted by Gasteiger charge is -2.38. The van der Waals surface area contributed by atoms with Gasteiger partial charge in [-0.15, -0.1) is 0 Å². The minimum atomic E-state index is -2.30. The van der Waals surface area contributed by atoms with E-state index in [9.17, 15) is 9.18 Å². The molecule has 1 aliphatic heterocycles. The number of nitrogens with one attached hydrogen (secondary N) is 1. The van der Waals surface area contributed by atoms with E-state index in [0.717, 1.165) is 23.1 Å². The van der Waals surface area contributed by atoms with Crippen LogP contribution in [0.2, 0.25) is 0 Å². The molecule has 5 rings (SSSR count). The average molecular weight is 488 g/mol. The Balaban J connectivity index is 1.27. The summed E-state index contributed by atoms with van der Waals surface area (Å²) >= 11 is 0. The smallest absolute Gasteiger partial charge is 0.270 e. The third-order valence-corrected chi connectivity index (χ3v) is 7.43. The first kappa shape index (κ1) is 24.3. The van der Waals surface area contributed by atoms with Crippen molar-refractivity contribution in [3.63, 3.8) is 0 Å². The zero-order chi connectivity index (χ0) is 25.3. The summed E-state index contributed by atoms with van der Waals surface area (Å²) in [4.78, 5) is 20.1. The minimum absolute atomic E-state index is 0.361. The molecule has 1 N–H and O–H groups in total. The molecule has 3 aromatic rings. The van der Waals surface area contributed by atoms with Crippen molar-refractivity contribution in [2.24, 2.45) is 0 Å². The molecule has 2 atom stereocenters. The standard InChI is InChI=1S/C30H31F2N3O/c1-20-6-5-7-21(2)35(20)19-25-11-10-23-18-24(12-13-28(23)33-25)34-29(36)30(32)16-14-22(15-17-30)26-8-3-4-9-27(26)31/h3-4,8-18,20-22H,5-7,19H2,1-2H3,(H,34,36)/t20-,21+,22?,30?. The van der Waals surface area contributed by atoms with Crippen LogP contribution in [0, 0.1) is 5.82 Å². The molecule has 6 heteroatoms. The molecule has 2 aromatic carbocycles. The maximum Gasteiger partial charge on any atom is 0.270 e. The van der Waals surface area contributed by atoms with E-state index >= 15 is 4.39 Å². The van der Waals surface area contributed by atoms with Crippen molar-refractivity contribution in [3.05, 3.63) is 96.0 Å². The molecule has 0 unspecified atom stereocenters. The number of piperidine rings is 1. The average Bonchev–Trinajstić information content (AvgIpc) is 2.87. The van der Waals surface area contributed by atoms with Gasteiger partial charge in [0.1, 0.15) is 5.82 Å². The fourth-order valence-electron chi connectivity index (χ4n) is 5.25. The van der Waals surface area contributed by atoms with E-state index in [0.29, 0.717) is 23.3 Å². The summed E-state index contributed by atoms with van der Waals surface area (Å²) in [5.74, 6) is -1.57. The number of allylic oxidation sites excluding steroid dienone is 2. The number of fused-ring (bicyclic) bond motifs is 1. The first-order valence-electron chi connectivity index (χ1n) is 12.6. The number of carbonyl (C=O) groups is 1. The molecule has 2 aliphatic rings. The lowest BCUT2D eigenvalue weighted by molar-refractivity contribution is -0.122. The number of halogens is 2. The van der Waals surface area contributed by atoms with E-state index in [1.54, 1.807) is 30.3 Å². The Bertz CT molecular complexity index is 1310. The number of rotatable bonds is 5. The number of amides is 1. The monoisotopic (exact) mass is 487 g/mol. The third-order valence-electron chi connectivity index (χ3n) is 7.43. The van der Waals surface area contributed by atoms with Crippen LogP contribution in [0.3, 0.4) is 0 Å². The van der Waals surface area contributed by atoms with Gasteiger partial charge in [0.2, 0.25) is 5.67 Å². The number of likely N-dealkylation sites (tertiary alicyclic amines) is 1. The van der Waals surface area contributed by atoms with Crippen molar-refractivity contribution in [1.82, 2.24) is 9.88 Å². The zero-order valence-corrected chi connectivity index (χ0v) is 20.6. The van der Waals surface area contributed by atoms with E-state index in [4.69, 9.17) is 4.98 Å². The number of carbonyl (C=O) groups excluding carboxylic acids is 1. The number of alkyl halides is 1. The molecule has 1 saturated heterocycles. The van der Waals surface area contributed by atoms with E-state index in [2.05, 4.69) is 24.1 Å². The summed E-state index contributed by atoms with van der Waals surface area (Å²) in [6, 6.07) is 16.9. The number of pyridine rings is 1. The van der Waals surface area contributed by atoms with Crippen LogP contribution < -0.4 is 5.32 Å². The lowest BCUT2D eigenvalue weighted by atomic mass is 9.88. The SMILES string of the molecule is C[C@@H]1CCC[C@H](C)N1Cc1ccc2cc(NC(=O)C3(F)C=CC(c4ccccc4F)C=C3)ccc2n1. The molecule has 1 aromatic heterocycles. The second-order valence-electron chi connectivity index (χ2n) is 10.00. The van der Waals surface area contributed by atoms with Crippen LogP contribution in [-0.2, 0) is 11.3 Å². The van der Waals surface area contributed by atoms with Crippen LogP contribution in [-0.4, -0.2) is 33.5 Å². The van der Waals surface area contributed by atoms with Gasteiger partial charge in [0.15, 0.2) is 0 Å². The molecule has 0 bridgehead atoms. The highest BCUT2D eigenvalue weighted by molar-refractivity contribution is 6.01. The van der Waals surface area contributed by atoms with Crippen LogP contribution in [0.1, 0.15) is 50.3 Å². The van der Waals surface area contributed by atoms with Gasteiger partial charge in [-0.3, -0.25) is 14.7 Å². The summed E-state index contributed by atoms with van der Waals surface area (Å²) < 4.78 is 29.5. The quantitative estimate of drug-likeness (QED) is 0.408. The van der Waals surface area contributed by atoms with Crippen molar-refractivity contribution in [2.45, 2.75) is 63.3 Å². The Morgan fingerprint density at radius 2 is 1.78 bits per heavy atom. The molecule has 0 saturated carbocycles. The Kier molecular flexibility index (Phi) is 6.71. The minimum Gasteiger partial charge on any atom is -0.323 e. The van der Waals surface area contributed by atoms with Crippen molar-refractivity contribution < 1.29 is 13.6 Å². The molecule has 1 aliphatic carbocycles. The second kappa shape index (κ2) is 9.94. The summed E-state index contributed by atoms with van der Waals surface area (Å²) in [5.41, 5.74) is 0.488. The first-order valence-corrected chi connectivity index (χ1v) is 12.6. The van der Waals surface area contributed by atoms with Gasteiger partial charge >= 0.3 is 0 Å². The summed E-state index contributed by atoms with van der Waals surface area (Å²) in [6.45, 7) is 5.37. The number of hydrogen-bond donors (Lipinski definition) is 1. The van der Waals surface area contributed by atoms with Gasteiger partial charge in [-0.1, -0.05) is 42.8 Å². The molecule has 0 spiro atoms. The van der Waals surface area contributed by atoms with Crippen LogP contribution in [0.4, 0.5) is 14.5 Å². The first-order chi connectivity index (χ1) is 17.3. The number of nitrogens with zero attached hydrogens (tertiary/aromatic N) is 2. The molecule has 2 heterocycles. The highest BCUT2D eigenvalue weighted by Gasteiger charge is 2.36. The molecular formula is C30H31F2N3O. The van der Waals surface area contributed by atoms with Crippen molar-refractivity contribution in [1.29, 1.82) is 0 Å². The van der Waals surface area contributed by atoms with Crippen molar-refractivity contribution >= 4 is 22.5 Å². The summed E-state index contributed by atoms with van der Waals surface area (Å²) in [5, 5.41) is 3.55. The Hall–Kier alpha value is -3.38. The molecule has 1 fully saturated rings. The maximum atomic E-state index is 15.4. The normalized spacial score (nSPS) is 26.3. The van der Waals surface area contributed by atoms with Gasteiger partial charge in [0, 0.05) is 35.6 Å². The Labute approximate surface area is 210 Å². The summed E-state index contributed by atoms with van der Waals surface area (Å²) in [7, 11) is 0. The topological polar surface area (TPSA) is 45.2 Å². The van der Waals surface area contributed by atoms with Crippen LogP contribution in [0.25, 0.3) is 10.9 Å². The number of aromatic nitrogens is 1. The molecule has 1 amide bonds. The van der Waals surface area contributed by atoms with Crippen LogP contribution in [0.5, 0.6) is 0 Å². The third kappa shape index (κ3) is 4.96. The van der Waals surface area contributed by atoms with Crippen molar-refractivity contribution in [2.75, 3.05) is 5.32 Å². The molecule has 36 heavy (non-hydrogen) atoms. The maximum absolute atomic E-state index is 15.4. The zero-order valence-electron chi connectivity index (χ0n) is 20.6. The van der Waals surface area contributed by atoms with Crippen LogP contribution >= 0.6 is 0 Å². The van der Waals surface area contributed by atoms with Gasteiger partial charge < -0.3 is 5.32 Å².